The number of aromatic amines is 1. The van der Waals surface area contributed by atoms with Gasteiger partial charge in [0.1, 0.15) is 5.82 Å². The molecule has 0 saturated heterocycles. The van der Waals surface area contributed by atoms with Crippen LogP contribution in [0.3, 0.4) is 0 Å². The quantitative estimate of drug-likeness (QED) is 0.416. The van der Waals surface area contributed by atoms with Crippen LogP contribution in [0.15, 0.2) is 91.3 Å². The monoisotopic (exact) mass is 407 g/mol. The molecule has 0 unspecified atom stereocenters. The van der Waals surface area contributed by atoms with E-state index in [0.29, 0.717) is 12.8 Å². The Bertz CT molecular complexity index is 1300. The maximum absolute atomic E-state index is 12.6. The maximum atomic E-state index is 12.6. The summed E-state index contributed by atoms with van der Waals surface area (Å²) in [7, 11) is 0. The molecule has 6 heteroatoms. The fraction of sp³-hybridized carbons (Fsp3) is 0.0800. The van der Waals surface area contributed by atoms with Crippen molar-refractivity contribution in [2.45, 2.75) is 12.8 Å². The van der Waals surface area contributed by atoms with Crippen molar-refractivity contribution in [3.63, 3.8) is 0 Å². The van der Waals surface area contributed by atoms with Gasteiger partial charge >= 0.3 is 0 Å². The number of hydrogen-bond acceptors (Lipinski definition) is 3. The standard InChI is InChI=1S/C25H21N5O/c31-24(15-14-18-16-26-30(17-18)19-8-2-1-3-9-19)27-21-11-5-4-10-20(21)25-28-22-12-6-7-13-23(22)29-25/h1-13,16-17H,14-15H2,(H,27,31)(H,28,29). The van der Waals surface area contributed by atoms with Crippen molar-refractivity contribution < 1.29 is 4.79 Å². The second-order valence-electron chi connectivity index (χ2n) is 7.33. The number of benzene rings is 3. The van der Waals surface area contributed by atoms with Gasteiger partial charge in [-0.25, -0.2) is 9.67 Å². The number of hydrogen-bond donors (Lipinski definition) is 2. The molecule has 0 aliphatic carbocycles. The van der Waals surface area contributed by atoms with Crippen molar-refractivity contribution in [1.29, 1.82) is 0 Å². The van der Waals surface area contributed by atoms with Gasteiger partial charge in [-0.15, -0.1) is 0 Å². The zero-order chi connectivity index (χ0) is 21.0. The molecule has 1 amide bonds. The summed E-state index contributed by atoms with van der Waals surface area (Å²) in [5.41, 5.74) is 5.49. The van der Waals surface area contributed by atoms with Crippen LogP contribution in [0.1, 0.15) is 12.0 Å². The number of fused-ring (bicyclic) bond motifs is 1. The largest absolute Gasteiger partial charge is 0.338 e. The first-order chi connectivity index (χ1) is 15.3. The van der Waals surface area contributed by atoms with E-state index >= 15 is 0 Å². The molecule has 6 nitrogen and oxygen atoms in total. The Morgan fingerprint density at radius 3 is 2.58 bits per heavy atom. The van der Waals surface area contributed by atoms with E-state index in [1.165, 1.54) is 0 Å². The van der Waals surface area contributed by atoms with Crippen molar-refractivity contribution in [2.75, 3.05) is 5.32 Å². The fourth-order valence-corrected chi connectivity index (χ4v) is 3.56. The van der Waals surface area contributed by atoms with Crippen LogP contribution >= 0.6 is 0 Å². The van der Waals surface area contributed by atoms with Gasteiger partial charge in [0.15, 0.2) is 0 Å². The number of H-pyrrole nitrogens is 1. The van der Waals surface area contributed by atoms with Crippen LogP contribution in [0.4, 0.5) is 5.69 Å². The maximum Gasteiger partial charge on any atom is 0.224 e. The highest BCUT2D eigenvalue weighted by Crippen LogP contribution is 2.27. The highest BCUT2D eigenvalue weighted by molar-refractivity contribution is 5.95. The van der Waals surface area contributed by atoms with Gasteiger partial charge in [-0.1, -0.05) is 42.5 Å². The number of amides is 1. The molecule has 0 spiro atoms. The Balaban J connectivity index is 1.28. The molecule has 0 aliphatic heterocycles. The van der Waals surface area contributed by atoms with Crippen molar-refractivity contribution in [3.8, 4) is 17.1 Å². The third kappa shape index (κ3) is 4.09. The van der Waals surface area contributed by atoms with Crippen LogP contribution in [0.25, 0.3) is 28.1 Å². The number of imidazole rings is 1. The topological polar surface area (TPSA) is 75.6 Å². The normalized spacial score (nSPS) is 11.0. The van der Waals surface area contributed by atoms with E-state index in [1.807, 2.05) is 95.9 Å². The summed E-state index contributed by atoms with van der Waals surface area (Å²) in [6.45, 7) is 0. The zero-order valence-corrected chi connectivity index (χ0v) is 16.8. The summed E-state index contributed by atoms with van der Waals surface area (Å²) < 4.78 is 1.82. The summed E-state index contributed by atoms with van der Waals surface area (Å²) in [5.74, 6) is 0.692. The minimum atomic E-state index is -0.0453. The number of rotatable bonds is 6. The van der Waals surface area contributed by atoms with Gasteiger partial charge in [0.25, 0.3) is 0 Å². The first-order valence-electron chi connectivity index (χ1n) is 10.2. The Labute approximate surface area is 179 Å². The highest BCUT2D eigenvalue weighted by atomic mass is 16.1. The Hall–Kier alpha value is -4.19. The molecule has 0 saturated carbocycles. The van der Waals surface area contributed by atoms with Crippen molar-refractivity contribution in [3.05, 3.63) is 96.8 Å². The van der Waals surface area contributed by atoms with Crippen LogP contribution in [-0.4, -0.2) is 25.7 Å². The second kappa shape index (κ2) is 8.28. The zero-order valence-electron chi connectivity index (χ0n) is 16.8. The molecule has 0 bridgehead atoms. The second-order valence-corrected chi connectivity index (χ2v) is 7.33. The van der Waals surface area contributed by atoms with Crippen molar-refractivity contribution in [1.82, 2.24) is 19.7 Å². The lowest BCUT2D eigenvalue weighted by Gasteiger charge is -2.09. The van der Waals surface area contributed by atoms with Crippen LogP contribution in [0.2, 0.25) is 0 Å². The number of carbonyl (C=O) groups excluding carboxylic acids is 1. The molecule has 2 heterocycles. The summed E-state index contributed by atoms with van der Waals surface area (Å²) in [6.07, 6.45) is 4.76. The minimum Gasteiger partial charge on any atom is -0.338 e. The van der Waals surface area contributed by atoms with Gasteiger partial charge in [-0.2, -0.15) is 5.10 Å². The SMILES string of the molecule is O=C(CCc1cnn(-c2ccccc2)c1)Nc1ccccc1-c1nc2ccccc2[nH]1. The molecule has 3 aromatic carbocycles. The van der Waals surface area contributed by atoms with Crippen molar-refractivity contribution >= 4 is 22.6 Å². The van der Waals surface area contributed by atoms with Gasteiger partial charge in [0.2, 0.25) is 5.91 Å². The van der Waals surface area contributed by atoms with E-state index in [4.69, 9.17) is 0 Å². The van der Waals surface area contributed by atoms with Crippen LogP contribution in [0.5, 0.6) is 0 Å². The lowest BCUT2D eigenvalue weighted by molar-refractivity contribution is -0.116. The third-order valence-electron chi connectivity index (χ3n) is 5.14. The summed E-state index contributed by atoms with van der Waals surface area (Å²) in [6, 6.07) is 25.5. The number of carbonyl (C=O) groups is 1. The average Bonchev–Trinajstić information content (AvgIpc) is 3.46. The molecule has 0 atom stereocenters. The summed E-state index contributed by atoms with van der Waals surface area (Å²) in [4.78, 5) is 20.6. The number of nitrogens with one attached hydrogen (secondary N) is 2. The van der Waals surface area contributed by atoms with E-state index in [2.05, 4.69) is 20.4 Å². The van der Waals surface area contributed by atoms with Gasteiger partial charge in [-0.05, 0) is 48.4 Å². The summed E-state index contributed by atoms with van der Waals surface area (Å²) >= 11 is 0. The minimum absolute atomic E-state index is 0.0453. The fourth-order valence-electron chi connectivity index (χ4n) is 3.56. The van der Waals surface area contributed by atoms with Crippen molar-refractivity contribution in [2.24, 2.45) is 0 Å². The van der Waals surface area contributed by atoms with E-state index < -0.39 is 0 Å². The predicted molar refractivity (Wildman–Crippen MR) is 122 cm³/mol. The Morgan fingerprint density at radius 2 is 1.71 bits per heavy atom. The lowest BCUT2D eigenvalue weighted by Crippen LogP contribution is -2.13. The first-order valence-corrected chi connectivity index (χ1v) is 10.2. The van der Waals surface area contributed by atoms with Gasteiger partial charge in [-0.3, -0.25) is 4.79 Å². The van der Waals surface area contributed by atoms with E-state index in [0.717, 1.165) is 39.4 Å². The van der Waals surface area contributed by atoms with Gasteiger partial charge < -0.3 is 10.3 Å². The highest BCUT2D eigenvalue weighted by Gasteiger charge is 2.12. The summed E-state index contributed by atoms with van der Waals surface area (Å²) in [5, 5.41) is 7.43. The molecule has 5 rings (SSSR count). The number of para-hydroxylation sites is 4. The van der Waals surface area contributed by atoms with E-state index in [9.17, 15) is 4.79 Å². The smallest absolute Gasteiger partial charge is 0.224 e. The molecule has 0 aliphatic rings. The van der Waals surface area contributed by atoms with E-state index in [-0.39, 0.29) is 5.91 Å². The number of anilines is 1. The number of nitrogens with zero attached hydrogens (tertiary/aromatic N) is 3. The average molecular weight is 407 g/mol. The molecular weight excluding hydrogens is 386 g/mol. The van der Waals surface area contributed by atoms with Crippen LogP contribution in [-0.2, 0) is 11.2 Å². The third-order valence-corrected chi connectivity index (χ3v) is 5.14. The predicted octanol–water partition coefficient (Wildman–Crippen LogP) is 4.99. The lowest BCUT2D eigenvalue weighted by atomic mass is 10.1. The molecule has 152 valence electrons. The number of aromatic nitrogens is 4. The van der Waals surface area contributed by atoms with Gasteiger partial charge in [0.05, 0.1) is 28.6 Å². The Morgan fingerprint density at radius 1 is 0.935 bits per heavy atom. The van der Waals surface area contributed by atoms with E-state index in [1.54, 1.807) is 0 Å². The Kier molecular flexibility index (Phi) is 5.02. The van der Waals surface area contributed by atoms with Gasteiger partial charge in [0, 0.05) is 18.2 Å². The molecule has 31 heavy (non-hydrogen) atoms. The molecule has 2 N–H and O–H groups in total. The molecule has 0 radical (unpaired) electrons. The molecule has 5 aromatic rings. The number of aryl methyl sites for hydroxylation is 1. The molecule has 2 aromatic heterocycles. The molecular formula is C25H21N5O. The van der Waals surface area contributed by atoms with Crippen LogP contribution < -0.4 is 5.32 Å². The molecule has 0 fully saturated rings. The van der Waals surface area contributed by atoms with Crippen LogP contribution in [0, 0.1) is 0 Å². The first kappa shape index (κ1) is 18.8.